The molecule has 0 atom stereocenters. The standard InChI is InChI=1S/C56H37N/c1-3-16-41(17-4-1)53-34-35-54(42-18-5-2-6-19-42)57(53)46-32-33-51-52(37-46)55(43-29-27-40(28-30-43)48-25-13-21-39-15-9-10-22-47(39)48)49-23-11-12-24-50(49)56(51)45-31-26-38-14-7-8-20-44(38)36-45/h1-37H. The molecule has 0 N–H and O–H groups in total. The third-order valence-corrected chi connectivity index (χ3v) is 11.6. The molecular weight excluding hydrogens is 687 g/mol. The number of benzene rings is 10. The van der Waals surface area contributed by atoms with Crippen molar-refractivity contribution in [3.05, 3.63) is 224 Å². The van der Waals surface area contributed by atoms with E-state index >= 15 is 0 Å². The van der Waals surface area contributed by atoms with Gasteiger partial charge < -0.3 is 4.57 Å². The molecule has 1 heterocycles. The van der Waals surface area contributed by atoms with Crippen LogP contribution in [0.5, 0.6) is 0 Å². The molecule has 0 spiro atoms. The number of aromatic nitrogens is 1. The van der Waals surface area contributed by atoms with Gasteiger partial charge in [0, 0.05) is 5.69 Å². The predicted octanol–water partition coefficient (Wildman–Crippen LogP) is 15.4. The summed E-state index contributed by atoms with van der Waals surface area (Å²) in [6.07, 6.45) is 0. The first-order chi connectivity index (χ1) is 28.3. The van der Waals surface area contributed by atoms with Crippen LogP contribution in [0.3, 0.4) is 0 Å². The lowest BCUT2D eigenvalue weighted by Gasteiger charge is -2.21. The van der Waals surface area contributed by atoms with Gasteiger partial charge in [-0.05, 0) is 118 Å². The molecule has 266 valence electrons. The van der Waals surface area contributed by atoms with Crippen LogP contribution in [0.25, 0.3) is 105 Å². The van der Waals surface area contributed by atoms with Crippen LogP contribution >= 0.6 is 0 Å². The van der Waals surface area contributed by atoms with Crippen molar-refractivity contribution in [1.29, 1.82) is 0 Å². The second-order valence-electron chi connectivity index (χ2n) is 14.9. The predicted molar refractivity (Wildman–Crippen MR) is 243 cm³/mol. The maximum absolute atomic E-state index is 2.43. The molecule has 0 aliphatic heterocycles. The second-order valence-corrected chi connectivity index (χ2v) is 14.9. The quantitative estimate of drug-likeness (QED) is 0.151. The summed E-state index contributed by atoms with van der Waals surface area (Å²) in [6, 6.07) is 82.1. The van der Waals surface area contributed by atoms with Crippen LogP contribution < -0.4 is 0 Å². The minimum atomic E-state index is 1.12. The highest BCUT2D eigenvalue weighted by atomic mass is 15.0. The van der Waals surface area contributed by atoms with E-state index in [1.807, 2.05) is 0 Å². The minimum absolute atomic E-state index is 1.12. The van der Waals surface area contributed by atoms with Crippen molar-refractivity contribution >= 4 is 43.1 Å². The zero-order chi connectivity index (χ0) is 37.7. The Labute approximate surface area is 332 Å². The summed E-state index contributed by atoms with van der Waals surface area (Å²) in [7, 11) is 0. The van der Waals surface area contributed by atoms with Crippen molar-refractivity contribution in [3.63, 3.8) is 0 Å². The van der Waals surface area contributed by atoms with Crippen LogP contribution in [-0.4, -0.2) is 4.57 Å². The molecule has 57 heavy (non-hydrogen) atoms. The molecular formula is C56H37N. The van der Waals surface area contributed by atoms with Crippen LogP contribution in [0.15, 0.2) is 224 Å². The van der Waals surface area contributed by atoms with Gasteiger partial charge in [0.05, 0.1) is 11.4 Å². The Bertz CT molecular complexity index is 3200. The number of hydrogen-bond acceptors (Lipinski definition) is 0. The highest BCUT2D eigenvalue weighted by molar-refractivity contribution is 6.22. The summed E-state index contributed by atoms with van der Waals surface area (Å²) in [6.45, 7) is 0. The maximum Gasteiger partial charge on any atom is 0.0535 e. The van der Waals surface area contributed by atoms with E-state index in [1.165, 1.54) is 87.6 Å². The monoisotopic (exact) mass is 723 g/mol. The van der Waals surface area contributed by atoms with Crippen LogP contribution in [-0.2, 0) is 0 Å². The van der Waals surface area contributed by atoms with E-state index in [4.69, 9.17) is 0 Å². The lowest BCUT2D eigenvalue weighted by Crippen LogP contribution is -2.00. The SMILES string of the molecule is c1ccc(-c2ccc(-c3ccccc3)n2-c2ccc3c(-c4ccc5ccccc5c4)c4ccccc4c(-c4ccc(-c5cccc6ccccc56)cc4)c3c2)cc1. The maximum atomic E-state index is 2.43. The average molecular weight is 724 g/mol. The Morgan fingerprint density at radius 2 is 0.754 bits per heavy atom. The molecule has 0 radical (unpaired) electrons. The Morgan fingerprint density at radius 3 is 1.44 bits per heavy atom. The Morgan fingerprint density at radius 1 is 0.246 bits per heavy atom. The zero-order valence-electron chi connectivity index (χ0n) is 31.3. The zero-order valence-corrected chi connectivity index (χ0v) is 31.3. The molecule has 0 aliphatic rings. The van der Waals surface area contributed by atoms with Gasteiger partial charge in [-0.1, -0.05) is 194 Å². The van der Waals surface area contributed by atoms with E-state index in [0.29, 0.717) is 0 Å². The number of rotatable bonds is 6. The average Bonchev–Trinajstić information content (AvgIpc) is 3.74. The van der Waals surface area contributed by atoms with E-state index < -0.39 is 0 Å². The molecule has 0 saturated carbocycles. The van der Waals surface area contributed by atoms with Gasteiger partial charge in [0.2, 0.25) is 0 Å². The summed E-state index contributed by atoms with van der Waals surface area (Å²) in [4.78, 5) is 0. The van der Waals surface area contributed by atoms with Crippen molar-refractivity contribution in [2.24, 2.45) is 0 Å². The first-order valence-corrected chi connectivity index (χ1v) is 19.7. The van der Waals surface area contributed by atoms with E-state index in [1.54, 1.807) is 0 Å². The Balaban J connectivity index is 1.20. The second kappa shape index (κ2) is 13.7. The lowest BCUT2D eigenvalue weighted by atomic mass is 9.85. The largest absolute Gasteiger partial charge is 0.309 e. The molecule has 10 aromatic carbocycles. The smallest absolute Gasteiger partial charge is 0.0535 e. The lowest BCUT2D eigenvalue weighted by molar-refractivity contribution is 1.10. The van der Waals surface area contributed by atoms with Crippen molar-refractivity contribution in [2.75, 3.05) is 0 Å². The van der Waals surface area contributed by atoms with Crippen LogP contribution in [0.1, 0.15) is 0 Å². The van der Waals surface area contributed by atoms with Crippen LogP contribution in [0, 0.1) is 0 Å². The number of fused-ring (bicyclic) bond motifs is 4. The first kappa shape index (κ1) is 32.9. The molecule has 0 bridgehead atoms. The topological polar surface area (TPSA) is 4.93 Å². The molecule has 0 aliphatic carbocycles. The summed E-state index contributed by atoms with van der Waals surface area (Å²) in [5.41, 5.74) is 13.2. The molecule has 1 nitrogen and oxygen atoms in total. The van der Waals surface area contributed by atoms with Crippen LogP contribution in [0.2, 0.25) is 0 Å². The number of hydrogen-bond donors (Lipinski definition) is 0. The van der Waals surface area contributed by atoms with E-state index in [0.717, 1.165) is 17.1 Å². The minimum Gasteiger partial charge on any atom is -0.309 e. The van der Waals surface area contributed by atoms with Gasteiger partial charge in [0.25, 0.3) is 0 Å². The van der Waals surface area contributed by atoms with Crippen LogP contribution in [0.4, 0.5) is 0 Å². The van der Waals surface area contributed by atoms with Crippen molar-refractivity contribution in [2.45, 2.75) is 0 Å². The van der Waals surface area contributed by atoms with Gasteiger partial charge in [-0.15, -0.1) is 0 Å². The first-order valence-electron chi connectivity index (χ1n) is 19.7. The fourth-order valence-electron chi connectivity index (χ4n) is 8.95. The highest BCUT2D eigenvalue weighted by Crippen LogP contribution is 2.46. The molecule has 0 unspecified atom stereocenters. The van der Waals surface area contributed by atoms with Gasteiger partial charge in [0.15, 0.2) is 0 Å². The molecule has 0 fully saturated rings. The molecule has 11 aromatic rings. The van der Waals surface area contributed by atoms with Gasteiger partial charge in [-0.25, -0.2) is 0 Å². The summed E-state index contributed by atoms with van der Waals surface area (Å²) in [5, 5.41) is 9.94. The van der Waals surface area contributed by atoms with Gasteiger partial charge >= 0.3 is 0 Å². The highest BCUT2D eigenvalue weighted by Gasteiger charge is 2.20. The van der Waals surface area contributed by atoms with Crippen molar-refractivity contribution < 1.29 is 0 Å². The summed E-state index contributed by atoms with van der Waals surface area (Å²) >= 11 is 0. The molecule has 0 amide bonds. The van der Waals surface area contributed by atoms with Crippen molar-refractivity contribution in [3.8, 4) is 61.6 Å². The summed E-state index contributed by atoms with van der Waals surface area (Å²) < 4.78 is 2.43. The third kappa shape index (κ3) is 5.63. The van der Waals surface area contributed by atoms with Crippen molar-refractivity contribution in [1.82, 2.24) is 4.57 Å². The van der Waals surface area contributed by atoms with Gasteiger partial charge in [-0.2, -0.15) is 0 Å². The third-order valence-electron chi connectivity index (χ3n) is 11.6. The van der Waals surface area contributed by atoms with E-state index in [-0.39, 0.29) is 0 Å². The fraction of sp³-hybridized carbons (Fsp3) is 0. The summed E-state index contributed by atoms with van der Waals surface area (Å²) in [5.74, 6) is 0. The van der Waals surface area contributed by atoms with Gasteiger partial charge in [-0.3, -0.25) is 0 Å². The molecule has 0 saturated heterocycles. The fourth-order valence-corrected chi connectivity index (χ4v) is 8.95. The number of nitrogens with zero attached hydrogens (tertiary/aromatic N) is 1. The van der Waals surface area contributed by atoms with Gasteiger partial charge in [0.1, 0.15) is 0 Å². The molecule has 1 heteroatoms. The van der Waals surface area contributed by atoms with E-state index in [9.17, 15) is 0 Å². The normalized spacial score (nSPS) is 11.5. The Kier molecular flexibility index (Phi) is 7.89. The Hall–Kier alpha value is -7.48. The van der Waals surface area contributed by atoms with E-state index in [2.05, 4.69) is 229 Å². The molecule has 11 rings (SSSR count). The molecule has 1 aromatic heterocycles.